The Balaban J connectivity index is 2.47. The predicted octanol–water partition coefficient (Wildman–Crippen LogP) is 4.30. The summed E-state index contributed by atoms with van der Waals surface area (Å²) in [6.07, 6.45) is 0.913. The summed E-state index contributed by atoms with van der Waals surface area (Å²) < 4.78 is 19.8. The Morgan fingerprint density at radius 2 is 1.90 bits per heavy atom. The van der Waals surface area contributed by atoms with Crippen LogP contribution in [0.25, 0.3) is 11.1 Å². The van der Waals surface area contributed by atoms with E-state index in [1.807, 2.05) is 38.1 Å². The topological polar surface area (TPSA) is 35.2 Å². The molecule has 0 saturated heterocycles. The highest BCUT2D eigenvalue weighted by Gasteiger charge is 2.12. The van der Waals surface area contributed by atoms with Gasteiger partial charge in [0.2, 0.25) is 0 Å². The number of halogens is 1. The molecule has 0 saturated carbocycles. The van der Waals surface area contributed by atoms with E-state index in [0.29, 0.717) is 17.9 Å². The van der Waals surface area contributed by atoms with Crippen LogP contribution in [0.1, 0.15) is 31.9 Å². The minimum atomic E-state index is -0.262. The third kappa shape index (κ3) is 3.17. The van der Waals surface area contributed by atoms with Crippen molar-refractivity contribution in [1.82, 2.24) is 0 Å². The molecule has 0 fully saturated rings. The summed E-state index contributed by atoms with van der Waals surface area (Å²) >= 11 is 0. The highest BCUT2D eigenvalue weighted by Crippen LogP contribution is 2.33. The average molecular weight is 273 g/mol. The van der Waals surface area contributed by atoms with Gasteiger partial charge < -0.3 is 10.5 Å². The second-order valence-corrected chi connectivity index (χ2v) is 4.87. The van der Waals surface area contributed by atoms with Gasteiger partial charge in [0.15, 0.2) is 0 Å². The Morgan fingerprint density at radius 1 is 1.15 bits per heavy atom. The smallest absolute Gasteiger partial charge is 0.131 e. The van der Waals surface area contributed by atoms with Crippen LogP contribution in [-0.2, 0) is 0 Å². The molecule has 2 nitrogen and oxygen atoms in total. The third-order valence-electron chi connectivity index (χ3n) is 3.16. The Labute approximate surface area is 119 Å². The van der Waals surface area contributed by atoms with Gasteiger partial charge in [0.05, 0.1) is 6.61 Å². The number of hydrogen-bond acceptors (Lipinski definition) is 2. The molecule has 106 valence electrons. The first kappa shape index (κ1) is 14.5. The van der Waals surface area contributed by atoms with Gasteiger partial charge in [0, 0.05) is 17.2 Å². The van der Waals surface area contributed by atoms with Crippen LogP contribution in [0.4, 0.5) is 4.39 Å². The molecule has 0 aromatic heterocycles. The van der Waals surface area contributed by atoms with Crippen molar-refractivity contribution in [3.8, 4) is 16.9 Å². The van der Waals surface area contributed by atoms with Crippen LogP contribution >= 0.6 is 0 Å². The summed E-state index contributed by atoms with van der Waals surface area (Å²) in [5.74, 6) is 0.442. The molecular formula is C17H20FNO. The molecule has 2 rings (SSSR count). The lowest BCUT2D eigenvalue weighted by molar-refractivity contribution is 0.318. The summed E-state index contributed by atoms with van der Waals surface area (Å²) in [4.78, 5) is 0. The standard InChI is InChI=1S/C17H20FNO/c1-3-10-20-17-7-5-4-6-14(17)15-11-13(12(2)19)8-9-16(15)18/h4-9,11-12H,3,10,19H2,1-2H3. The maximum Gasteiger partial charge on any atom is 0.131 e. The fraction of sp³-hybridized carbons (Fsp3) is 0.294. The summed E-state index contributed by atoms with van der Waals surface area (Å²) in [7, 11) is 0. The predicted molar refractivity (Wildman–Crippen MR) is 80.2 cm³/mol. The van der Waals surface area contributed by atoms with E-state index in [1.54, 1.807) is 12.1 Å². The Morgan fingerprint density at radius 3 is 2.60 bits per heavy atom. The van der Waals surface area contributed by atoms with Crippen LogP contribution in [0.2, 0.25) is 0 Å². The first-order valence-electron chi connectivity index (χ1n) is 6.90. The summed E-state index contributed by atoms with van der Waals surface area (Å²) in [5.41, 5.74) is 8.08. The van der Waals surface area contributed by atoms with Crippen molar-refractivity contribution >= 4 is 0 Å². The minimum Gasteiger partial charge on any atom is -0.493 e. The Hall–Kier alpha value is -1.87. The van der Waals surface area contributed by atoms with Crippen LogP contribution in [0.5, 0.6) is 5.75 Å². The van der Waals surface area contributed by atoms with Crippen molar-refractivity contribution in [2.45, 2.75) is 26.3 Å². The van der Waals surface area contributed by atoms with Crippen LogP contribution < -0.4 is 10.5 Å². The molecule has 2 aromatic rings. The lowest BCUT2D eigenvalue weighted by atomic mass is 9.99. The van der Waals surface area contributed by atoms with Gasteiger partial charge in [-0.2, -0.15) is 0 Å². The maximum atomic E-state index is 14.1. The van der Waals surface area contributed by atoms with E-state index in [2.05, 4.69) is 0 Å². The van der Waals surface area contributed by atoms with E-state index < -0.39 is 0 Å². The number of ether oxygens (including phenoxy) is 1. The quantitative estimate of drug-likeness (QED) is 0.881. The summed E-state index contributed by atoms with van der Waals surface area (Å²) in [5, 5.41) is 0. The number of benzene rings is 2. The van der Waals surface area contributed by atoms with Gasteiger partial charge in [-0.25, -0.2) is 4.39 Å². The van der Waals surface area contributed by atoms with E-state index in [-0.39, 0.29) is 11.9 Å². The molecule has 0 aliphatic heterocycles. The van der Waals surface area contributed by atoms with Gasteiger partial charge in [0.25, 0.3) is 0 Å². The van der Waals surface area contributed by atoms with Gasteiger partial charge in [0.1, 0.15) is 11.6 Å². The fourth-order valence-corrected chi connectivity index (χ4v) is 2.06. The second-order valence-electron chi connectivity index (χ2n) is 4.87. The summed E-state index contributed by atoms with van der Waals surface area (Å²) in [6, 6.07) is 12.4. The van der Waals surface area contributed by atoms with Crippen LogP contribution in [0.15, 0.2) is 42.5 Å². The van der Waals surface area contributed by atoms with E-state index in [9.17, 15) is 4.39 Å². The van der Waals surface area contributed by atoms with Crippen LogP contribution in [0, 0.1) is 5.82 Å². The zero-order valence-electron chi connectivity index (χ0n) is 11.9. The number of hydrogen-bond donors (Lipinski definition) is 1. The van der Waals surface area contributed by atoms with Crippen LogP contribution in [-0.4, -0.2) is 6.61 Å². The zero-order chi connectivity index (χ0) is 14.5. The molecule has 0 amide bonds. The molecule has 0 radical (unpaired) electrons. The molecule has 0 aliphatic carbocycles. The Bertz CT molecular complexity index is 581. The van der Waals surface area contributed by atoms with Crippen LogP contribution in [0.3, 0.4) is 0 Å². The molecule has 1 unspecified atom stereocenters. The fourth-order valence-electron chi connectivity index (χ4n) is 2.06. The highest BCUT2D eigenvalue weighted by atomic mass is 19.1. The molecule has 0 spiro atoms. The molecular weight excluding hydrogens is 253 g/mol. The first-order chi connectivity index (χ1) is 9.63. The molecule has 1 atom stereocenters. The van der Waals surface area contributed by atoms with E-state index in [0.717, 1.165) is 17.5 Å². The molecule has 0 heterocycles. The van der Waals surface area contributed by atoms with Gasteiger partial charge in [-0.05, 0) is 37.1 Å². The monoisotopic (exact) mass is 273 g/mol. The van der Waals surface area contributed by atoms with Crippen molar-refractivity contribution < 1.29 is 9.13 Å². The highest BCUT2D eigenvalue weighted by molar-refractivity contribution is 5.71. The van der Waals surface area contributed by atoms with Crippen molar-refractivity contribution in [2.24, 2.45) is 5.73 Å². The third-order valence-corrected chi connectivity index (χ3v) is 3.16. The van der Waals surface area contributed by atoms with Crippen molar-refractivity contribution in [1.29, 1.82) is 0 Å². The Kier molecular flexibility index (Phi) is 4.74. The first-order valence-corrected chi connectivity index (χ1v) is 6.90. The SMILES string of the molecule is CCCOc1ccccc1-c1cc(C(C)N)ccc1F. The number of nitrogens with two attached hydrogens (primary N) is 1. The summed E-state index contributed by atoms with van der Waals surface area (Å²) in [6.45, 7) is 4.54. The molecule has 2 aromatic carbocycles. The average Bonchev–Trinajstić information content (AvgIpc) is 2.46. The largest absolute Gasteiger partial charge is 0.493 e. The maximum absolute atomic E-state index is 14.1. The van der Waals surface area contributed by atoms with E-state index >= 15 is 0 Å². The van der Waals surface area contributed by atoms with E-state index in [4.69, 9.17) is 10.5 Å². The molecule has 3 heteroatoms. The molecule has 20 heavy (non-hydrogen) atoms. The van der Waals surface area contributed by atoms with Crippen molar-refractivity contribution in [3.63, 3.8) is 0 Å². The second kappa shape index (κ2) is 6.53. The van der Waals surface area contributed by atoms with Gasteiger partial charge in [-0.15, -0.1) is 0 Å². The molecule has 0 aliphatic rings. The molecule has 2 N–H and O–H groups in total. The van der Waals surface area contributed by atoms with Gasteiger partial charge in [-0.1, -0.05) is 31.2 Å². The number of para-hydroxylation sites is 1. The van der Waals surface area contributed by atoms with Gasteiger partial charge >= 0.3 is 0 Å². The number of rotatable bonds is 5. The zero-order valence-corrected chi connectivity index (χ0v) is 11.9. The minimum absolute atomic E-state index is 0.127. The molecule has 0 bridgehead atoms. The van der Waals surface area contributed by atoms with E-state index in [1.165, 1.54) is 6.07 Å². The normalized spacial score (nSPS) is 12.2. The van der Waals surface area contributed by atoms with Gasteiger partial charge in [-0.3, -0.25) is 0 Å². The lowest BCUT2D eigenvalue weighted by Gasteiger charge is -2.14. The lowest BCUT2D eigenvalue weighted by Crippen LogP contribution is -2.05. The van der Waals surface area contributed by atoms with Crippen molar-refractivity contribution in [2.75, 3.05) is 6.61 Å². The van der Waals surface area contributed by atoms with Crippen molar-refractivity contribution in [3.05, 3.63) is 53.8 Å².